The highest BCUT2D eigenvalue weighted by molar-refractivity contribution is 5.57. The van der Waals surface area contributed by atoms with Gasteiger partial charge in [0.2, 0.25) is 0 Å². The molecule has 0 aromatic rings. The molecule has 2 bridgehead atoms. The summed E-state index contributed by atoms with van der Waals surface area (Å²) in [5.41, 5.74) is 6.84. The van der Waals surface area contributed by atoms with Gasteiger partial charge in [-0.05, 0) is 41.7 Å². The van der Waals surface area contributed by atoms with Crippen LogP contribution in [0.15, 0.2) is 22.3 Å². The summed E-state index contributed by atoms with van der Waals surface area (Å²) in [4.78, 5) is 0. The molecule has 3 rings (SSSR count). The van der Waals surface area contributed by atoms with Crippen LogP contribution in [0, 0.1) is 11.3 Å². The van der Waals surface area contributed by atoms with Gasteiger partial charge in [0.1, 0.15) is 0 Å². The molecule has 0 aromatic heterocycles. The first kappa shape index (κ1) is 11.5. The molecule has 1 heteroatoms. The first-order chi connectivity index (χ1) is 7.89. The number of allylic oxidation sites excluding steroid dienone is 2. The second kappa shape index (κ2) is 3.47. The zero-order chi connectivity index (χ0) is 12.4. The number of fused-ring (bicyclic) bond motifs is 5. The molecule has 2 fully saturated rings. The number of hydrogen-bond donors (Lipinski definition) is 0. The first-order valence-electron chi connectivity index (χ1n) is 7.02. The molecule has 3 aliphatic rings. The summed E-state index contributed by atoms with van der Waals surface area (Å²) in [6, 6.07) is 0. The van der Waals surface area contributed by atoms with Gasteiger partial charge in [0.05, 0.1) is 12.2 Å². The van der Waals surface area contributed by atoms with Gasteiger partial charge in [-0.1, -0.05) is 45.8 Å². The molecule has 2 atom stereocenters. The van der Waals surface area contributed by atoms with Crippen molar-refractivity contribution in [1.29, 1.82) is 0 Å². The van der Waals surface area contributed by atoms with Crippen molar-refractivity contribution < 1.29 is 4.74 Å². The third-order valence-corrected chi connectivity index (χ3v) is 4.59. The molecule has 2 unspecified atom stereocenters. The Balaban J connectivity index is 2.10. The molecule has 0 aromatic carbocycles. The van der Waals surface area contributed by atoms with Crippen LogP contribution in [0.4, 0.5) is 0 Å². The van der Waals surface area contributed by atoms with Crippen LogP contribution in [0.1, 0.15) is 53.9 Å². The lowest BCUT2D eigenvalue weighted by atomic mass is 9.80. The van der Waals surface area contributed by atoms with E-state index in [2.05, 4.69) is 34.6 Å². The molecular formula is C16H24O. The summed E-state index contributed by atoms with van der Waals surface area (Å²) >= 11 is 0. The molecule has 2 heterocycles. The monoisotopic (exact) mass is 232 g/mol. The summed E-state index contributed by atoms with van der Waals surface area (Å²) in [5, 5.41) is 0. The van der Waals surface area contributed by atoms with E-state index in [1.54, 1.807) is 22.3 Å². The molecule has 0 radical (unpaired) electrons. The number of ether oxygens (including phenoxy) is 1. The largest absolute Gasteiger partial charge is 0.366 e. The minimum atomic E-state index is 0.297. The van der Waals surface area contributed by atoms with Gasteiger partial charge < -0.3 is 4.74 Å². The van der Waals surface area contributed by atoms with E-state index < -0.39 is 0 Å². The van der Waals surface area contributed by atoms with E-state index in [4.69, 9.17) is 4.74 Å². The maximum atomic E-state index is 6.13. The van der Waals surface area contributed by atoms with Crippen LogP contribution in [0.5, 0.6) is 0 Å². The molecule has 0 N–H and O–H groups in total. The summed E-state index contributed by atoms with van der Waals surface area (Å²) < 4.78 is 6.13. The molecule has 0 spiro atoms. The van der Waals surface area contributed by atoms with Crippen LogP contribution in [0.2, 0.25) is 0 Å². The summed E-state index contributed by atoms with van der Waals surface area (Å²) in [6.45, 7) is 11.7. The van der Waals surface area contributed by atoms with Crippen molar-refractivity contribution >= 4 is 0 Å². The molecule has 2 aliphatic heterocycles. The Morgan fingerprint density at radius 1 is 1.06 bits per heavy atom. The van der Waals surface area contributed by atoms with Gasteiger partial charge in [0, 0.05) is 0 Å². The van der Waals surface area contributed by atoms with E-state index in [9.17, 15) is 0 Å². The molecule has 1 nitrogen and oxygen atoms in total. The Morgan fingerprint density at radius 2 is 1.65 bits per heavy atom. The van der Waals surface area contributed by atoms with E-state index in [0.29, 0.717) is 23.5 Å². The van der Waals surface area contributed by atoms with E-state index in [1.807, 2.05) is 0 Å². The first-order valence-corrected chi connectivity index (χ1v) is 7.02. The third kappa shape index (κ3) is 1.55. The Hall–Kier alpha value is -0.560. The van der Waals surface area contributed by atoms with Crippen molar-refractivity contribution in [3.63, 3.8) is 0 Å². The van der Waals surface area contributed by atoms with Crippen LogP contribution in [0.3, 0.4) is 0 Å². The Labute approximate surface area is 105 Å². The molecule has 1 aliphatic carbocycles. The Morgan fingerprint density at radius 3 is 2.18 bits per heavy atom. The SMILES string of the molecule is CC(C)C1=C2C(=C(C(C)(C)C)C1)C1CCC2O1. The Kier molecular flexibility index (Phi) is 2.36. The van der Waals surface area contributed by atoms with Crippen molar-refractivity contribution in [2.75, 3.05) is 0 Å². The van der Waals surface area contributed by atoms with Crippen molar-refractivity contribution in [2.24, 2.45) is 11.3 Å². The highest BCUT2D eigenvalue weighted by atomic mass is 16.5. The highest BCUT2D eigenvalue weighted by Crippen LogP contribution is 2.55. The minimum Gasteiger partial charge on any atom is -0.366 e. The Bertz CT molecular complexity index is 417. The number of hydrogen-bond acceptors (Lipinski definition) is 1. The topological polar surface area (TPSA) is 9.23 Å². The van der Waals surface area contributed by atoms with Gasteiger partial charge in [-0.25, -0.2) is 0 Å². The van der Waals surface area contributed by atoms with Crippen molar-refractivity contribution in [3.05, 3.63) is 22.3 Å². The van der Waals surface area contributed by atoms with Crippen molar-refractivity contribution in [2.45, 2.75) is 66.1 Å². The van der Waals surface area contributed by atoms with E-state index in [1.165, 1.54) is 19.3 Å². The van der Waals surface area contributed by atoms with E-state index in [0.717, 1.165) is 0 Å². The average molecular weight is 232 g/mol. The molecule has 94 valence electrons. The molecular weight excluding hydrogens is 208 g/mol. The van der Waals surface area contributed by atoms with Crippen molar-refractivity contribution in [1.82, 2.24) is 0 Å². The van der Waals surface area contributed by atoms with Gasteiger partial charge in [-0.3, -0.25) is 0 Å². The van der Waals surface area contributed by atoms with E-state index in [-0.39, 0.29) is 0 Å². The quantitative estimate of drug-likeness (QED) is 0.657. The molecule has 2 saturated heterocycles. The van der Waals surface area contributed by atoms with Crippen LogP contribution >= 0.6 is 0 Å². The standard InChI is InChI=1S/C16H24O/c1-9(2)10-8-11(16(3,4)5)15-13-7-6-12(17-13)14(10)15/h9,12-13H,6-8H2,1-5H3. The van der Waals surface area contributed by atoms with Gasteiger partial charge >= 0.3 is 0 Å². The maximum absolute atomic E-state index is 6.13. The average Bonchev–Trinajstić information content (AvgIpc) is 2.87. The predicted molar refractivity (Wildman–Crippen MR) is 70.9 cm³/mol. The fourth-order valence-electron chi connectivity index (χ4n) is 3.71. The summed E-state index contributed by atoms with van der Waals surface area (Å²) in [7, 11) is 0. The van der Waals surface area contributed by atoms with Crippen LogP contribution in [-0.4, -0.2) is 12.2 Å². The lowest BCUT2D eigenvalue weighted by Gasteiger charge is -2.25. The molecule has 17 heavy (non-hydrogen) atoms. The summed E-state index contributed by atoms with van der Waals surface area (Å²) in [6.07, 6.45) is 4.57. The molecule has 0 amide bonds. The van der Waals surface area contributed by atoms with Gasteiger partial charge in [0.25, 0.3) is 0 Å². The normalized spacial score (nSPS) is 32.1. The van der Waals surface area contributed by atoms with Gasteiger partial charge in [-0.2, -0.15) is 0 Å². The van der Waals surface area contributed by atoms with Crippen LogP contribution in [-0.2, 0) is 4.74 Å². The highest BCUT2D eigenvalue weighted by Gasteiger charge is 2.48. The second-order valence-electron chi connectivity index (χ2n) is 7.10. The zero-order valence-electron chi connectivity index (χ0n) is 11.8. The van der Waals surface area contributed by atoms with Crippen LogP contribution < -0.4 is 0 Å². The van der Waals surface area contributed by atoms with Crippen molar-refractivity contribution in [3.8, 4) is 0 Å². The minimum absolute atomic E-state index is 0.297. The number of rotatable bonds is 1. The third-order valence-electron chi connectivity index (χ3n) is 4.59. The lowest BCUT2D eigenvalue weighted by Crippen LogP contribution is -2.15. The van der Waals surface area contributed by atoms with E-state index >= 15 is 0 Å². The summed E-state index contributed by atoms with van der Waals surface area (Å²) in [5.74, 6) is 0.669. The van der Waals surface area contributed by atoms with Gasteiger partial charge in [-0.15, -0.1) is 0 Å². The maximum Gasteiger partial charge on any atom is 0.0837 e. The fraction of sp³-hybridized carbons (Fsp3) is 0.750. The predicted octanol–water partition coefficient (Wildman–Crippen LogP) is 4.25. The zero-order valence-corrected chi connectivity index (χ0v) is 11.8. The fourth-order valence-corrected chi connectivity index (χ4v) is 3.71. The molecule has 0 saturated carbocycles. The smallest absolute Gasteiger partial charge is 0.0837 e. The second-order valence-corrected chi connectivity index (χ2v) is 7.10. The van der Waals surface area contributed by atoms with Gasteiger partial charge in [0.15, 0.2) is 0 Å². The lowest BCUT2D eigenvalue weighted by molar-refractivity contribution is 0.120. The van der Waals surface area contributed by atoms with Crippen LogP contribution in [0.25, 0.3) is 0 Å².